The van der Waals surface area contributed by atoms with Gasteiger partial charge in [0.1, 0.15) is 17.7 Å². The van der Waals surface area contributed by atoms with E-state index in [1.807, 2.05) is 34.1 Å². The highest BCUT2D eigenvalue weighted by molar-refractivity contribution is 5.94. The minimum absolute atomic E-state index is 0.0637. The minimum atomic E-state index is -0.204. The number of ether oxygens (including phenoxy) is 2. The van der Waals surface area contributed by atoms with E-state index in [0.29, 0.717) is 49.9 Å². The topological polar surface area (TPSA) is 89.8 Å². The van der Waals surface area contributed by atoms with Crippen molar-refractivity contribution in [3.05, 3.63) is 65.6 Å². The lowest BCUT2D eigenvalue weighted by Gasteiger charge is -2.55. The number of likely N-dealkylation sites (tertiary alicyclic amines) is 1. The van der Waals surface area contributed by atoms with Crippen LogP contribution in [0.15, 0.2) is 48.9 Å². The van der Waals surface area contributed by atoms with Gasteiger partial charge in [-0.25, -0.2) is 14.5 Å². The van der Waals surface area contributed by atoms with Gasteiger partial charge in [0, 0.05) is 44.0 Å². The van der Waals surface area contributed by atoms with Gasteiger partial charge in [0.2, 0.25) is 5.91 Å². The van der Waals surface area contributed by atoms with E-state index < -0.39 is 0 Å². The number of carbonyl (C=O) groups is 2. The van der Waals surface area contributed by atoms with E-state index in [2.05, 4.69) is 57.2 Å². The van der Waals surface area contributed by atoms with E-state index >= 15 is 0 Å². The lowest BCUT2D eigenvalue weighted by atomic mass is 9.51. The van der Waals surface area contributed by atoms with Crippen LogP contribution in [-0.4, -0.2) is 64.5 Å². The van der Waals surface area contributed by atoms with Gasteiger partial charge >= 0.3 is 6.09 Å². The molecule has 1 aliphatic heterocycles. The number of aromatic nitrogens is 3. The predicted octanol–water partition coefficient (Wildman–Crippen LogP) is 7.98. The van der Waals surface area contributed by atoms with Crippen LogP contribution in [0.2, 0.25) is 0 Å². The zero-order chi connectivity index (χ0) is 34.3. The summed E-state index contributed by atoms with van der Waals surface area (Å²) >= 11 is 0. The molecule has 0 spiro atoms. The highest BCUT2D eigenvalue weighted by atomic mass is 16.6. The number of fused-ring (bicyclic) bond motifs is 3. The molecule has 0 radical (unpaired) electrons. The van der Waals surface area contributed by atoms with Gasteiger partial charge in [-0.2, -0.15) is 5.10 Å². The summed E-state index contributed by atoms with van der Waals surface area (Å²) in [5, 5.41) is 4.64. The number of hydrogen-bond donors (Lipinski definition) is 0. The highest BCUT2D eigenvalue weighted by Gasteiger charge is 2.51. The molecular formula is C40H53N5O4. The van der Waals surface area contributed by atoms with Crippen LogP contribution < -0.4 is 9.64 Å². The fourth-order valence-corrected chi connectivity index (χ4v) is 8.94. The number of rotatable bonds is 9. The Balaban J connectivity index is 1.10. The van der Waals surface area contributed by atoms with Crippen LogP contribution in [0.5, 0.6) is 5.75 Å². The maximum Gasteiger partial charge on any atom is 0.410 e. The second-order valence-corrected chi connectivity index (χ2v) is 16.0. The molecule has 49 heavy (non-hydrogen) atoms. The van der Waals surface area contributed by atoms with Crippen molar-refractivity contribution in [1.82, 2.24) is 19.7 Å². The molecule has 1 saturated heterocycles. The Hall–Kier alpha value is -3.88. The molecule has 262 valence electrons. The molecular weight excluding hydrogens is 614 g/mol. The molecule has 2 bridgehead atoms. The third-order valence-electron chi connectivity index (χ3n) is 12.3. The van der Waals surface area contributed by atoms with Crippen molar-refractivity contribution in [2.75, 3.05) is 31.6 Å². The first-order valence-corrected chi connectivity index (χ1v) is 18.5. The maximum absolute atomic E-state index is 14.6. The van der Waals surface area contributed by atoms with Gasteiger partial charge in [-0.1, -0.05) is 32.9 Å². The summed E-state index contributed by atoms with van der Waals surface area (Å²) in [5.41, 5.74) is 4.97. The van der Waals surface area contributed by atoms with E-state index in [-0.39, 0.29) is 34.9 Å². The summed E-state index contributed by atoms with van der Waals surface area (Å²) in [6, 6.07) is 10.7. The maximum atomic E-state index is 14.6. The molecule has 5 fully saturated rings. The Morgan fingerprint density at radius 3 is 2.33 bits per heavy atom. The normalized spacial score (nSPS) is 26.8. The summed E-state index contributed by atoms with van der Waals surface area (Å²) in [6.45, 7) is 10.8. The van der Waals surface area contributed by atoms with Crippen molar-refractivity contribution in [2.45, 2.75) is 109 Å². The predicted molar refractivity (Wildman–Crippen MR) is 190 cm³/mol. The van der Waals surface area contributed by atoms with Crippen molar-refractivity contribution in [1.29, 1.82) is 0 Å². The smallest absolute Gasteiger partial charge is 0.410 e. The summed E-state index contributed by atoms with van der Waals surface area (Å²) in [6.07, 6.45) is 15.0. The Morgan fingerprint density at radius 1 is 1.00 bits per heavy atom. The van der Waals surface area contributed by atoms with E-state index in [0.717, 1.165) is 63.1 Å². The number of carbonyl (C=O) groups excluding carboxylic acids is 2. The van der Waals surface area contributed by atoms with Gasteiger partial charge in [0.05, 0.1) is 19.0 Å². The highest BCUT2D eigenvalue weighted by Crippen LogP contribution is 2.58. The van der Waals surface area contributed by atoms with E-state index in [9.17, 15) is 9.59 Å². The molecule has 9 nitrogen and oxygen atoms in total. The summed E-state index contributed by atoms with van der Waals surface area (Å²) < 4.78 is 13.3. The van der Waals surface area contributed by atoms with Gasteiger partial charge in [-0.3, -0.25) is 9.69 Å². The van der Waals surface area contributed by atoms with Gasteiger partial charge in [-0.05, 0) is 123 Å². The first kappa shape index (κ1) is 33.6. The molecule has 0 atom stereocenters. The number of nitrogens with zero attached hydrogens (tertiary/aromatic N) is 5. The van der Waals surface area contributed by atoms with Crippen molar-refractivity contribution in [3.8, 4) is 11.4 Å². The largest absolute Gasteiger partial charge is 0.496 e. The molecule has 0 unspecified atom stereocenters. The summed E-state index contributed by atoms with van der Waals surface area (Å²) in [4.78, 5) is 35.9. The first-order valence-electron chi connectivity index (χ1n) is 18.5. The molecule has 3 heterocycles. The first-order chi connectivity index (χ1) is 23.6. The monoisotopic (exact) mass is 667 g/mol. The molecule has 4 saturated carbocycles. The summed E-state index contributed by atoms with van der Waals surface area (Å²) in [5.74, 6) is 2.59. The number of amides is 2. The molecule has 5 aliphatic rings. The van der Waals surface area contributed by atoms with Crippen molar-refractivity contribution in [3.63, 3.8) is 0 Å². The van der Waals surface area contributed by atoms with Crippen LogP contribution in [0.4, 0.5) is 10.6 Å². The number of anilines is 1. The van der Waals surface area contributed by atoms with Crippen LogP contribution in [0, 0.1) is 24.2 Å². The van der Waals surface area contributed by atoms with Gasteiger partial charge < -0.3 is 14.4 Å². The molecule has 8 rings (SSSR count). The average molecular weight is 668 g/mol. The standard InChI is InChI=1S/C40H53N5O4/c1-27(2)31-22-42-45(25-31)33-12-19-41-36(21-33)44(37(46)30-6-9-34(10-7-30)49-38(47)43-23-28(3)24-43)26-39-13-16-40(17-14-39,18-15-39)32-8-11-35(48-5)29(4)20-32/h8,11-12,19-22,25,27-28,30,34H,6-7,9-10,13-18,23-24,26H2,1-5H3. The van der Waals surface area contributed by atoms with E-state index in [1.165, 1.54) is 16.7 Å². The molecule has 4 aliphatic carbocycles. The molecule has 2 aromatic heterocycles. The van der Waals surface area contributed by atoms with Crippen LogP contribution in [-0.2, 0) is 14.9 Å². The lowest BCUT2D eigenvalue weighted by Crippen LogP contribution is -2.52. The van der Waals surface area contributed by atoms with E-state index in [1.54, 1.807) is 12.0 Å². The van der Waals surface area contributed by atoms with Gasteiger partial charge in [0.15, 0.2) is 0 Å². The second kappa shape index (κ2) is 13.4. The fourth-order valence-electron chi connectivity index (χ4n) is 8.94. The third-order valence-corrected chi connectivity index (χ3v) is 12.3. The molecule has 3 aromatic rings. The van der Waals surface area contributed by atoms with Crippen molar-refractivity contribution >= 4 is 17.8 Å². The fraction of sp³-hybridized carbons (Fsp3) is 0.600. The number of aryl methyl sites for hydroxylation is 1. The van der Waals surface area contributed by atoms with Crippen LogP contribution >= 0.6 is 0 Å². The molecule has 1 aromatic carbocycles. The van der Waals surface area contributed by atoms with Crippen LogP contribution in [0.3, 0.4) is 0 Å². The van der Waals surface area contributed by atoms with E-state index in [4.69, 9.17) is 14.5 Å². The van der Waals surface area contributed by atoms with Crippen LogP contribution in [0.25, 0.3) is 5.69 Å². The lowest BCUT2D eigenvalue weighted by molar-refractivity contribution is -0.124. The molecule has 9 heteroatoms. The zero-order valence-corrected chi connectivity index (χ0v) is 30.0. The SMILES string of the molecule is COc1ccc(C23CCC(CN(C(=O)C4CCC(OC(=O)N5CC(C)C5)CC4)c4cc(-n5cc(C(C)C)cn5)ccn4)(CC2)CC3)cc1C. The zero-order valence-electron chi connectivity index (χ0n) is 30.0. The van der Waals surface area contributed by atoms with Crippen molar-refractivity contribution in [2.24, 2.45) is 17.3 Å². The van der Waals surface area contributed by atoms with Gasteiger partial charge in [0.25, 0.3) is 0 Å². The third kappa shape index (κ3) is 6.70. The Bertz CT molecular complexity index is 1640. The quantitative estimate of drug-likeness (QED) is 0.230. The Morgan fingerprint density at radius 2 is 1.71 bits per heavy atom. The number of pyridine rings is 1. The number of hydrogen-bond acceptors (Lipinski definition) is 6. The average Bonchev–Trinajstić information content (AvgIpc) is 3.61. The Labute approximate surface area is 291 Å². The van der Waals surface area contributed by atoms with Gasteiger partial charge in [-0.15, -0.1) is 0 Å². The molecule has 2 amide bonds. The number of methoxy groups -OCH3 is 1. The second-order valence-electron chi connectivity index (χ2n) is 16.0. The molecule has 0 N–H and O–H groups in total. The van der Waals surface area contributed by atoms with Crippen molar-refractivity contribution < 1.29 is 19.1 Å². The number of benzene rings is 1. The Kier molecular flexibility index (Phi) is 9.22. The minimum Gasteiger partial charge on any atom is -0.496 e. The summed E-state index contributed by atoms with van der Waals surface area (Å²) in [7, 11) is 1.74. The van der Waals surface area contributed by atoms with Crippen LogP contribution in [0.1, 0.15) is 108 Å².